The first-order valence-corrected chi connectivity index (χ1v) is 17.4. The molecule has 3 heteroatoms. The van der Waals surface area contributed by atoms with Gasteiger partial charge in [-0.15, -0.1) is 0 Å². The highest BCUT2D eigenvalue weighted by Gasteiger charge is 2.40. The molecular formula is C48H32N2O. The molecule has 0 aliphatic heterocycles. The molecule has 0 N–H and O–H groups in total. The molecule has 0 bridgehead atoms. The highest BCUT2D eigenvalue weighted by molar-refractivity contribution is 6.06. The van der Waals surface area contributed by atoms with Crippen molar-refractivity contribution >= 4 is 21.9 Å². The number of para-hydroxylation sites is 1. The molecule has 0 saturated carbocycles. The first kappa shape index (κ1) is 29.3. The summed E-state index contributed by atoms with van der Waals surface area (Å²) in [5.74, 6) is 0.694. The minimum absolute atomic E-state index is 0.218. The fraction of sp³-hybridized carbons (Fsp3) is 0.0417. The predicted molar refractivity (Wildman–Crippen MR) is 208 cm³/mol. The van der Waals surface area contributed by atoms with E-state index >= 15 is 0 Å². The molecule has 51 heavy (non-hydrogen) atoms. The van der Waals surface area contributed by atoms with E-state index in [2.05, 4.69) is 146 Å². The third-order valence-corrected chi connectivity index (χ3v) is 10.6. The lowest BCUT2D eigenvalue weighted by atomic mass is 9.74. The van der Waals surface area contributed by atoms with Crippen molar-refractivity contribution in [2.45, 2.75) is 12.3 Å². The van der Waals surface area contributed by atoms with E-state index in [0.29, 0.717) is 5.82 Å². The molecule has 1 unspecified atom stereocenters. The summed E-state index contributed by atoms with van der Waals surface area (Å²) in [6.45, 7) is 2.36. The Morgan fingerprint density at radius 3 is 1.86 bits per heavy atom. The van der Waals surface area contributed by atoms with Crippen LogP contribution in [0.15, 0.2) is 180 Å². The van der Waals surface area contributed by atoms with Crippen molar-refractivity contribution in [2.24, 2.45) is 0 Å². The van der Waals surface area contributed by atoms with Gasteiger partial charge in [-0.1, -0.05) is 133 Å². The first-order chi connectivity index (χ1) is 25.1. The fourth-order valence-corrected chi connectivity index (χ4v) is 7.97. The third kappa shape index (κ3) is 4.74. The molecule has 10 rings (SSSR count). The molecule has 240 valence electrons. The maximum Gasteiger partial charge on any atom is 0.160 e. The fourth-order valence-electron chi connectivity index (χ4n) is 7.97. The average Bonchev–Trinajstić information content (AvgIpc) is 3.71. The molecule has 1 atom stereocenters. The Hall–Kier alpha value is -6.58. The number of hydrogen-bond donors (Lipinski definition) is 0. The van der Waals surface area contributed by atoms with Gasteiger partial charge < -0.3 is 4.42 Å². The minimum atomic E-state index is -0.218. The lowest BCUT2D eigenvalue weighted by Gasteiger charge is -2.28. The summed E-state index contributed by atoms with van der Waals surface area (Å²) in [5.41, 5.74) is 15.2. The van der Waals surface area contributed by atoms with E-state index in [9.17, 15) is 0 Å². The second kappa shape index (κ2) is 11.5. The van der Waals surface area contributed by atoms with Crippen LogP contribution in [0.4, 0.5) is 0 Å². The van der Waals surface area contributed by atoms with Crippen LogP contribution in [-0.4, -0.2) is 9.97 Å². The van der Waals surface area contributed by atoms with E-state index < -0.39 is 0 Å². The summed E-state index contributed by atoms with van der Waals surface area (Å²) in [7, 11) is 0. The number of fused-ring (bicyclic) bond motifs is 6. The minimum Gasteiger partial charge on any atom is -0.456 e. The van der Waals surface area contributed by atoms with E-state index in [1.54, 1.807) is 0 Å². The molecule has 0 radical (unpaired) electrons. The zero-order valence-electron chi connectivity index (χ0n) is 28.0. The largest absolute Gasteiger partial charge is 0.456 e. The van der Waals surface area contributed by atoms with Crippen molar-refractivity contribution in [3.63, 3.8) is 0 Å². The van der Waals surface area contributed by atoms with Crippen molar-refractivity contribution in [2.75, 3.05) is 0 Å². The summed E-state index contributed by atoms with van der Waals surface area (Å²) < 4.78 is 6.13. The van der Waals surface area contributed by atoms with Gasteiger partial charge in [0.05, 0.1) is 11.4 Å². The lowest BCUT2D eigenvalue weighted by molar-refractivity contribution is 0.669. The van der Waals surface area contributed by atoms with Gasteiger partial charge in [0.2, 0.25) is 0 Å². The number of furan rings is 1. The van der Waals surface area contributed by atoms with E-state index in [1.807, 2.05) is 36.4 Å². The van der Waals surface area contributed by atoms with Crippen LogP contribution < -0.4 is 0 Å². The van der Waals surface area contributed by atoms with Gasteiger partial charge in [-0.2, -0.15) is 0 Å². The second-order valence-corrected chi connectivity index (χ2v) is 13.5. The summed E-state index contributed by atoms with van der Waals surface area (Å²) in [4.78, 5) is 10.3. The van der Waals surface area contributed by atoms with Crippen LogP contribution in [-0.2, 0) is 5.41 Å². The normalized spacial score (nSPS) is 14.8. The van der Waals surface area contributed by atoms with Gasteiger partial charge in [-0.3, -0.25) is 0 Å². The van der Waals surface area contributed by atoms with Crippen molar-refractivity contribution in [1.82, 2.24) is 9.97 Å². The Morgan fingerprint density at radius 2 is 1.02 bits per heavy atom. The zero-order chi connectivity index (χ0) is 33.9. The molecular weight excluding hydrogens is 621 g/mol. The van der Waals surface area contributed by atoms with Crippen LogP contribution in [0.2, 0.25) is 0 Å². The quantitative estimate of drug-likeness (QED) is 0.186. The molecule has 0 saturated heterocycles. The van der Waals surface area contributed by atoms with Crippen molar-refractivity contribution in [3.05, 3.63) is 193 Å². The molecule has 0 fully saturated rings. The maximum atomic E-state index is 6.13. The summed E-state index contributed by atoms with van der Waals surface area (Å²) in [5, 5.41) is 2.17. The number of nitrogens with zero attached hydrogens (tertiary/aromatic N) is 2. The molecule has 7 aromatic carbocycles. The molecule has 2 aromatic heterocycles. The van der Waals surface area contributed by atoms with Crippen molar-refractivity contribution < 1.29 is 4.42 Å². The van der Waals surface area contributed by atoms with Gasteiger partial charge in [-0.05, 0) is 88.3 Å². The number of benzene rings is 7. The van der Waals surface area contributed by atoms with E-state index in [0.717, 1.165) is 55.6 Å². The van der Waals surface area contributed by atoms with E-state index in [-0.39, 0.29) is 5.41 Å². The van der Waals surface area contributed by atoms with Gasteiger partial charge in [-0.25, -0.2) is 9.97 Å². The van der Waals surface area contributed by atoms with Gasteiger partial charge in [0.15, 0.2) is 5.82 Å². The highest BCUT2D eigenvalue weighted by atomic mass is 16.3. The molecule has 9 aromatic rings. The van der Waals surface area contributed by atoms with Crippen LogP contribution in [0.5, 0.6) is 0 Å². The van der Waals surface area contributed by atoms with E-state index in [4.69, 9.17) is 14.4 Å². The van der Waals surface area contributed by atoms with E-state index in [1.165, 1.54) is 33.4 Å². The highest BCUT2D eigenvalue weighted by Crippen LogP contribution is 2.53. The van der Waals surface area contributed by atoms with Crippen molar-refractivity contribution in [1.29, 1.82) is 0 Å². The monoisotopic (exact) mass is 652 g/mol. The van der Waals surface area contributed by atoms with Gasteiger partial charge in [0.25, 0.3) is 0 Å². The van der Waals surface area contributed by atoms with Gasteiger partial charge in [0.1, 0.15) is 11.2 Å². The van der Waals surface area contributed by atoms with Crippen LogP contribution in [0.25, 0.3) is 78.1 Å². The molecule has 0 amide bonds. The third-order valence-electron chi connectivity index (χ3n) is 10.6. The number of aromatic nitrogens is 2. The lowest BCUT2D eigenvalue weighted by Crippen LogP contribution is -2.22. The molecule has 2 heterocycles. The average molecular weight is 653 g/mol. The van der Waals surface area contributed by atoms with Gasteiger partial charge >= 0.3 is 0 Å². The number of rotatable bonds is 5. The Labute approximate surface area is 296 Å². The Balaban J connectivity index is 1.10. The summed E-state index contributed by atoms with van der Waals surface area (Å²) in [6.07, 6.45) is 0. The second-order valence-electron chi connectivity index (χ2n) is 13.5. The topological polar surface area (TPSA) is 38.9 Å². The maximum absolute atomic E-state index is 6.13. The Morgan fingerprint density at radius 1 is 0.412 bits per heavy atom. The van der Waals surface area contributed by atoms with Crippen LogP contribution >= 0.6 is 0 Å². The van der Waals surface area contributed by atoms with Crippen LogP contribution in [0, 0.1) is 0 Å². The Kier molecular flexibility index (Phi) is 6.62. The molecule has 0 spiro atoms. The zero-order valence-corrected chi connectivity index (χ0v) is 28.0. The standard InChI is InChI=1S/C48H32N2O/c1-48(36-17-6-3-7-18-36)41-21-10-8-19-37(41)39-28-33(23-25-42(39)48)32-15-12-16-34(27-32)43-30-44(50-47(49-43)31-13-4-2-5-14-31)35-24-26-46-40(29-35)38-20-9-11-22-45(38)51-46/h2-30H,1H3. The molecule has 1 aliphatic carbocycles. The first-order valence-electron chi connectivity index (χ1n) is 17.4. The molecule has 3 nitrogen and oxygen atoms in total. The van der Waals surface area contributed by atoms with Gasteiger partial charge in [0, 0.05) is 32.9 Å². The smallest absolute Gasteiger partial charge is 0.160 e. The SMILES string of the molecule is CC1(c2ccccc2)c2ccccc2-c2cc(-c3cccc(-c4cc(-c5ccc6oc7ccccc7c6c5)nc(-c5ccccc5)n4)c3)ccc21. The van der Waals surface area contributed by atoms with Crippen LogP contribution in [0.3, 0.4) is 0 Å². The van der Waals surface area contributed by atoms with Crippen molar-refractivity contribution in [3.8, 4) is 56.2 Å². The number of hydrogen-bond acceptors (Lipinski definition) is 3. The summed E-state index contributed by atoms with van der Waals surface area (Å²) >= 11 is 0. The van der Waals surface area contributed by atoms with Crippen LogP contribution in [0.1, 0.15) is 23.6 Å². The summed E-state index contributed by atoms with van der Waals surface area (Å²) in [6, 6.07) is 62.3. The Bertz CT molecular complexity index is 2760. The molecule has 1 aliphatic rings. The predicted octanol–water partition coefficient (Wildman–Crippen LogP) is 12.4.